The molecule has 2 fully saturated rings. The van der Waals surface area contributed by atoms with Crippen LogP contribution in [0.4, 0.5) is 0 Å². The molecule has 2 rings (SSSR count). The number of ether oxygens (including phenoxy) is 1. The number of hydrogen-bond donors (Lipinski definition) is 0. The third-order valence-corrected chi connectivity index (χ3v) is 4.48. The van der Waals surface area contributed by atoms with Gasteiger partial charge in [0.15, 0.2) is 0 Å². The van der Waals surface area contributed by atoms with Gasteiger partial charge in [-0.05, 0) is 25.7 Å². The third kappa shape index (κ3) is 3.14. The van der Waals surface area contributed by atoms with Crippen molar-refractivity contribution in [2.24, 2.45) is 5.92 Å². The van der Waals surface area contributed by atoms with Crippen LogP contribution >= 0.6 is 0 Å². The first-order valence-electron chi connectivity index (χ1n) is 7.86. The van der Waals surface area contributed by atoms with Gasteiger partial charge in [-0.3, -0.25) is 9.59 Å². The maximum atomic E-state index is 12.6. The SMILES string of the molecule is CCC(CC)C(=O)N1CCC[C@@H]1C(=O)N1CCOCC1. The molecule has 0 aliphatic carbocycles. The van der Waals surface area contributed by atoms with E-state index in [2.05, 4.69) is 0 Å². The molecule has 0 saturated carbocycles. The van der Waals surface area contributed by atoms with E-state index in [0.29, 0.717) is 26.3 Å². The molecule has 5 nitrogen and oxygen atoms in total. The monoisotopic (exact) mass is 282 g/mol. The fraction of sp³-hybridized carbons (Fsp3) is 0.867. The van der Waals surface area contributed by atoms with Gasteiger partial charge in [-0.2, -0.15) is 0 Å². The van der Waals surface area contributed by atoms with Crippen molar-refractivity contribution in [1.82, 2.24) is 9.80 Å². The first-order chi connectivity index (χ1) is 9.69. The normalized spacial score (nSPS) is 23.4. The number of morpholine rings is 1. The van der Waals surface area contributed by atoms with E-state index in [1.54, 1.807) is 0 Å². The van der Waals surface area contributed by atoms with Crippen LogP contribution in [0.15, 0.2) is 0 Å². The molecule has 0 spiro atoms. The highest BCUT2D eigenvalue weighted by molar-refractivity contribution is 5.89. The van der Waals surface area contributed by atoms with Gasteiger partial charge in [-0.15, -0.1) is 0 Å². The summed E-state index contributed by atoms with van der Waals surface area (Å²) >= 11 is 0. The summed E-state index contributed by atoms with van der Waals surface area (Å²) in [4.78, 5) is 28.8. The number of carbonyl (C=O) groups is 2. The highest BCUT2D eigenvalue weighted by atomic mass is 16.5. The molecule has 0 radical (unpaired) electrons. The van der Waals surface area contributed by atoms with Gasteiger partial charge in [-0.25, -0.2) is 0 Å². The van der Waals surface area contributed by atoms with Gasteiger partial charge >= 0.3 is 0 Å². The number of rotatable bonds is 4. The van der Waals surface area contributed by atoms with E-state index < -0.39 is 0 Å². The van der Waals surface area contributed by atoms with Crippen molar-refractivity contribution >= 4 is 11.8 Å². The van der Waals surface area contributed by atoms with Crippen LogP contribution in [-0.4, -0.2) is 60.5 Å². The molecular formula is C15H26N2O3. The average molecular weight is 282 g/mol. The van der Waals surface area contributed by atoms with Crippen molar-refractivity contribution in [3.63, 3.8) is 0 Å². The molecule has 0 bridgehead atoms. The van der Waals surface area contributed by atoms with Crippen molar-refractivity contribution in [2.75, 3.05) is 32.8 Å². The summed E-state index contributed by atoms with van der Waals surface area (Å²) in [6, 6.07) is -0.235. The Morgan fingerprint density at radius 3 is 2.40 bits per heavy atom. The van der Waals surface area contributed by atoms with Crippen molar-refractivity contribution < 1.29 is 14.3 Å². The van der Waals surface area contributed by atoms with Crippen molar-refractivity contribution in [2.45, 2.75) is 45.6 Å². The van der Waals surface area contributed by atoms with Crippen LogP contribution in [0.3, 0.4) is 0 Å². The summed E-state index contributed by atoms with van der Waals surface area (Å²) in [5.41, 5.74) is 0. The minimum absolute atomic E-state index is 0.0630. The maximum Gasteiger partial charge on any atom is 0.245 e. The van der Waals surface area contributed by atoms with E-state index in [1.807, 2.05) is 23.6 Å². The summed E-state index contributed by atoms with van der Waals surface area (Å²) in [5, 5.41) is 0. The molecule has 5 heteroatoms. The Labute approximate surface area is 121 Å². The van der Waals surface area contributed by atoms with Gasteiger partial charge < -0.3 is 14.5 Å². The van der Waals surface area contributed by atoms with Crippen LogP contribution in [0, 0.1) is 5.92 Å². The number of hydrogen-bond acceptors (Lipinski definition) is 3. The highest BCUT2D eigenvalue weighted by Crippen LogP contribution is 2.24. The molecular weight excluding hydrogens is 256 g/mol. The molecule has 0 aromatic rings. The van der Waals surface area contributed by atoms with E-state index in [-0.39, 0.29) is 23.8 Å². The smallest absolute Gasteiger partial charge is 0.245 e. The lowest BCUT2D eigenvalue weighted by molar-refractivity contribution is -0.148. The Morgan fingerprint density at radius 1 is 1.15 bits per heavy atom. The fourth-order valence-corrected chi connectivity index (χ4v) is 3.15. The van der Waals surface area contributed by atoms with Crippen molar-refractivity contribution in [3.05, 3.63) is 0 Å². The third-order valence-electron chi connectivity index (χ3n) is 4.48. The Hall–Kier alpha value is -1.10. The van der Waals surface area contributed by atoms with Gasteiger partial charge in [0.1, 0.15) is 6.04 Å². The summed E-state index contributed by atoms with van der Waals surface area (Å²) in [5.74, 6) is 0.345. The lowest BCUT2D eigenvalue weighted by Gasteiger charge is -2.33. The number of carbonyl (C=O) groups excluding carboxylic acids is 2. The Morgan fingerprint density at radius 2 is 1.80 bits per heavy atom. The topological polar surface area (TPSA) is 49.9 Å². The van der Waals surface area contributed by atoms with Crippen LogP contribution in [0.2, 0.25) is 0 Å². The predicted molar refractivity (Wildman–Crippen MR) is 76.2 cm³/mol. The Bertz CT molecular complexity index is 349. The van der Waals surface area contributed by atoms with Gasteiger partial charge in [0.2, 0.25) is 11.8 Å². The van der Waals surface area contributed by atoms with E-state index in [1.165, 1.54) is 0 Å². The zero-order valence-electron chi connectivity index (χ0n) is 12.6. The largest absolute Gasteiger partial charge is 0.378 e. The quantitative estimate of drug-likeness (QED) is 0.780. The maximum absolute atomic E-state index is 12.6. The zero-order valence-corrected chi connectivity index (χ0v) is 12.6. The van der Waals surface area contributed by atoms with E-state index in [9.17, 15) is 9.59 Å². The number of amides is 2. The molecule has 2 saturated heterocycles. The molecule has 2 amide bonds. The molecule has 0 aromatic heterocycles. The molecule has 0 unspecified atom stereocenters. The zero-order chi connectivity index (χ0) is 14.5. The minimum atomic E-state index is -0.235. The van der Waals surface area contributed by atoms with Gasteiger partial charge in [0.05, 0.1) is 13.2 Å². The lowest BCUT2D eigenvalue weighted by Crippen LogP contribution is -2.52. The second kappa shape index (κ2) is 7.07. The van der Waals surface area contributed by atoms with E-state index >= 15 is 0 Å². The Balaban J connectivity index is 2.02. The molecule has 0 N–H and O–H groups in total. The molecule has 1 atom stereocenters. The summed E-state index contributed by atoms with van der Waals surface area (Å²) < 4.78 is 5.29. The van der Waals surface area contributed by atoms with Crippen molar-refractivity contribution in [1.29, 1.82) is 0 Å². The van der Waals surface area contributed by atoms with E-state index in [4.69, 9.17) is 4.74 Å². The average Bonchev–Trinajstić information content (AvgIpc) is 2.98. The van der Waals surface area contributed by atoms with Gasteiger partial charge in [0, 0.05) is 25.6 Å². The van der Waals surface area contributed by atoms with Crippen LogP contribution in [0.1, 0.15) is 39.5 Å². The standard InChI is InChI=1S/C15H26N2O3/c1-3-12(4-2)14(18)17-7-5-6-13(17)15(19)16-8-10-20-11-9-16/h12-13H,3-11H2,1-2H3/t13-/m1/s1. The number of likely N-dealkylation sites (tertiary alicyclic amines) is 1. The van der Waals surface area contributed by atoms with Crippen LogP contribution in [0.5, 0.6) is 0 Å². The number of nitrogens with zero attached hydrogens (tertiary/aromatic N) is 2. The summed E-state index contributed by atoms with van der Waals surface area (Å²) in [6.45, 7) is 7.35. The molecule has 2 aliphatic rings. The first-order valence-corrected chi connectivity index (χ1v) is 7.86. The van der Waals surface area contributed by atoms with Crippen molar-refractivity contribution in [3.8, 4) is 0 Å². The van der Waals surface area contributed by atoms with Gasteiger partial charge in [-0.1, -0.05) is 13.8 Å². The molecule has 114 valence electrons. The van der Waals surface area contributed by atoms with Crippen LogP contribution in [-0.2, 0) is 14.3 Å². The summed E-state index contributed by atoms with van der Waals surface area (Å²) in [7, 11) is 0. The van der Waals surface area contributed by atoms with Crippen LogP contribution < -0.4 is 0 Å². The highest BCUT2D eigenvalue weighted by Gasteiger charge is 2.38. The minimum Gasteiger partial charge on any atom is -0.378 e. The van der Waals surface area contributed by atoms with E-state index in [0.717, 1.165) is 32.2 Å². The molecule has 20 heavy (non-hydrogen) atoms. The lowest BCUT2D eigenvalue weighted by atomic mass is 10.0. The molecule has 2 aliphatic heterocycles. The van der Waals surface area contributed by atoms with Gasteiger partial charge in [0.25, 0.3) is 0 Å². The fourth-order valence-electron chi connectivity index (χ4n) is 3.15. The molecule has 0 aromatic carbocycles. The summed E-state index contributed by atoms with van der Waals surface area (Å²) in [6.07, 6.45) is 3.45. The second-order valence-electron chi connectivity index (χ2n) is 5.64. The van der Waals surface area contributed by atoms with Crippen LogP contribution in [0.25, 0.3) is 0 Å². The molecule has 2 heterocycles. The predicted octanol–water partition coefficient (Wildman–Crippen LogP) is 1.27. The second-order valence-corrected chi connectivity index (χ2v) is 5.64. The first kappa shape index (κ1) is 15.3. The Kier molecular flexibility index (Phi) is 5.40.